The number of hydrogen-bond acceptors (Lipinski definition) is 3. The van der Waals surface area contributed by atoms with Gasteiger partial charge in [0.05, 0.1) is 18.1 Å². The molecule has 0 aromatic carbocycles. The van der Waals surface area contributed by atoms with E-state index in [9.17, 15) is 4.79 Å². The van der Waals surface area contributed by atoms with Crippen molar-refractivity contribution in [2.24, 2.45) is 5.92 Å². The summed E-state index contributed by atoms with van der Waals surface area (Å²) in [6, 6.07) is 0. The Bertz CT molecular complexity index is 380. The van der Waals surface area contributed by atoms with Gasteiger partial charge in [-0.25, -0.2) is 4.98 Å². The second kappa shape index (κ2) is 5.15. The molecule has 1 amide bonds. The van der Waals surface area contributed by atoms with Crippen LogP contribution in [0.3, 0.4) is 0 Å². The maximum Gasteiger partial charge on any atom is 0.225 e. The molecule has 1 aliphatic heterocycles. The van der Waals surface area contributed by atoms with E-state index in [1.165, 1.54) is 0 Å². The molecule has 0 N–H and O–H groups in total. The molecule has 1 fully saturated rings. The summed E-state index contributed by atoms with van der Waals surface area (Å²) < 4.78 is 0. The van der Waals surface area contributed by atoms with Gasteiger partial charge in [0.25, 0.3) is 0 Å². The summed E-state index contributed by atoms with van der Waals surface area (Å²) in [5, 5.41) is 2.94. The zero-order valence-electron chi connectivity index (χ0n) is 9.28. The molecule has 0 spiro atoms. The molecule has 0 bridgehead atoms. The molecule has 88 valence electrons. The van der Waals surface area contributed by atoms with Gasteiger partial charge < -0.3 is 4.90 Å². The average Bonchev–Trinajstić information content (AvgIpc) is 2.73. The molecule has 0 saturated carbocycles. The first-order valence-electron chi connectivity index (χ1n) is 5.48. The van der Waals surface area contributed by atoms with Crippen LogP contribution in [0, 0.1) is 5.92 Å². The molecule has 16 heavy (non-hydrogen) atoms. The van der Waals surface area contributed by atoms with Crippen LogP contribution in [0.25, 0.3) is 0 Å². The van der Waals surface area contributed by atoms with Gasteiger partial charge in [-0.2, -0.15) is 0 Å². The van der Waals surface area contributed by atoms with Gasteiger partial charge in [-0.3, -0.25) is 4.79 Å². The number of aromatic nitrogens is 1. The Morgan fingerprint density at radius 3 is 3.19 bits per heavy atom. The standard InChI is InChI=1S/C11H15ClN2OS/c1-8-3-2-4-14(11(8)15)6-10-13-9(5-12)7-16-10/h7-8H,2-6H2,1H3. The molecular weight excluding hydrogens is 244 g/mol. The van der Waals surface area contributed by atoms with Crippen LogP contribution >= 0.6 is 22.9 Å². The van der Waals surface area contributed by atoms with Crippen molar-refractivity contribution in [3.63, 3.8) is 0 Å². The third kappa shape index (κ3) is 2.55. The lowest BCUT2D eigenvalue weighted by Gasteiger charge is -2.29. The highest BCUT2D eigenvalue weighted by Crippen LogP contribution is 2.21. The highest BCUT2D eigenvalue weighted by atomic mass is 35.5. The molecule has 0 aliphatic carbocycles. The monoisotopic (exact) mass is 258 g/mol. The van der Waals surface area contributed by atoms with Crippen LogP contribution in [-0.2, 0) is 17.2 Å². The summed E-state index contributed by atoms with van der Waals surface area (Å²) in [5.74, 6) is 0.871. The molecule has 1 atom stereocenters. The summed E-state index contributed by atoms with van der Waals surface area (Å²) in [5.41, 5.74) is 0.902. The van der Waals surface area contributed by atoms with Crippen molar-refractivity contribution in [2.45, 2.75) is 32.2 Å². The lowest BCUT2D eigenvalue weighted by molar-refractivity contribution is -0.138. The van der Waals surface area contributed by atoms with E-state index in [2.05, 4.69) is 4.98 Å². The molecule has 2 rings (SSSR count). The van der Waals surface area contributed by atoms with Crippen LogP contribution in [0.15, 0.2) is 5.38 Å². The first-order chi connectivity index (χ1) is 7.70. The van der Waals surface area contributed by atoms with Crippen LogP contribution in [0.2, 0.25) is 0 Å². The fraction of sp³-hybridized carbons (Fsp3) is 0.636. The second-order valence-corrected chi connectivity index (χ2v) is 5.38. The number of carbonyl (C=O) groups is 1. The average molecular weight is 259 g/mol. The van der Waals surface area contributed by atoms with Gasteiger partial charge >= 0.3 is 0 Å². The molecular formula is C11H15ClN2OS. The summed E-state index contributed by atoms with van der Waals surface area (Å²) in [6.45, 7) is 3.50. The van der Waals surface area contributed by atoms with E-state index in [-0.39, 0.29) is 11.8 Å². The van der Waals surface area contributed by atoms with Gasteiger partial charge in [0.15, 0.2) is 0 Å². The topological polar surface area (TPSA) is 33.2 Å². The van der Waals surface area contributed by atoms with Gasteiger partial charge in [-0.15, -0.1) is 22.9 Å². The van der Waals surface area contributed by atoms with E-state index < -0.39 is 0 Å². The van der Waals surface area contributed by atoms with Crippen molar-refractivity contribution >= 4 is 28.8 Å². The predicted octanol–water partition coefficient (Wildman–Crippen LogP) is 2.64. The SMILES string of the molecule is CC1CCCN(Cc2nc(CCl)cs2)C1=O. The van der Waals surface area contributed by atoms with E-state index in [1.54, 1.807) is 11.3 Å². The summed E-state index contributed by atoms with van der Waals surface area (Å²) >= 11 is 7.28. The van der Waals surface area contributed by atoms with E-state index in [1.807, 2.05) is 17.2 Å². The Hall–Kier alpha value is -0.610. The number of carbonyl (C=O) groups excluding carboxylic acids is 1. The van der Waals surface area contributed by atoms with Crippen molar-refractivity contribution in [1.82, 2.24) is 9.88 Å². The minimum absolute atomic E-state index is 0.168. The minimum atomic E-state index is 0.168. The maximum absolute atomic E-state index is 11.9. The number of alkyl halides is 1. The molecule has 0 radical (unpaired) electrons. The van der Waals surface area contributed by atoms with Crippen molar-refractivity contribution < 1.29 is 4.79 Å². The van der Waals surface area contributed by atoms with Gasteiger partial charge in [-0.1, -0.05) is 6.92 Å². The van der Waals surface area contributed by atoms with E-state index in [0.717, 1.165) is 30.1 Å². The van der Waals surface area contributed by atoms with Crippen LogP contribution in [0.5, 0.6) is 0 Å². The lowest BCUT2D eigenvalue weighted by atomic mass is 9.99. The van der Waals surface area contributed by atoms with Gasteiger partial charge in [-0.05, 0) is 12.8 Å². The number of thiazole rings is 1. The Morgan fingerprint density at radius 2 is 2.50 bits per heavy atom. The van der Waals surface area contributed by atoms with Crippen LogP contribution in [0.1, 0.15) is 30.5 Å². The number of hydrogen-bond donors (Lipinski definition) is 0. The zero-order valence-corrected chi connectivity index (χ0v) is 10.9. The quantitative estimate of drug-likeness (QED) is 0.781. The molecule has 1 aromatic rings. The lowest BCUT2D eigenvalue weighted by Crippen LogP contribution is -2.39. The summed E-state index contributed by atoms with van der Waals surface area (Å²) in [6.07, 6.45) is 2.11. The van der Waals surface area contributed by atoms with Gasteiger partial charge in [0.2, 0.25) is 5.91 Å². The van der Waals surface area contributed by atoms with Crippen molar-refractivity contribution in [3.05, 3.63) is 16.1 Å². The first-order valence-corrected chi connectivity index (χ1v) is 6.90. The van der Waals surface area contributed by atoms with Crippen LogP contribution < -0.4 is 0 Å². The maximum atomic E-state index is 11.9. The Labute approximate surface area is 104 Å². The number of halogens is 1. The predicted molar refractivity (Wildman–Crippen MR) is 65.5 cm³/mol. The van der Waals surface area contributed by atoms with Gasteiger partial charge in [0.1, 0.15) is 5.01 Å². The molecule has 1 unspecified atom stereocenters. The largest absolute Gasteiger partial charge is 0.336 e. The number of nitrogens with zero attached hydrogens (tertiary/aromatic N) is 2. The zero-order chi connectivity index (χ0) is 11.5. The molecule has 1 saturated heterocycles. The minimum Gasteiger partial charge on any atom is -0.336 e. The highest BCUT2D eigenvalue weighted by Gasteiger charge is 2.25. The molecule has 1 aliphatic rings. The third-order valence-corrected chi connectivity index (χ3v) is 4.02. The normalized spacial score (nSPS) is 21.5. The molecule has 1 aromatic heterocycles. The highest BCUT2D eigenvalue weighted by molar-refractivity contribution is 7.09. The first kappa shape index (κ1) is 11.9. The van der Waals surface area contributed by atoms with Gasteiger partial charge in [0, 0.05) is 17.8 Å². The Kier molecular flexibility index (Phi) is 3.82. The van der Waals surface area contributed by atoms with Crippen molar-refractivity contribution in [2.75, 3.05) is 6.54 Å². The van der Waals surface area contributed by atoms with Crippen molar-refractivity contribution in [1.29, 1.82) is 0 Å². The smallest absolute Gasteiger partial charge is 0.225 e. The molecule has 5 heteroatoms. The Morgan fingerprint density at radius 1 is 1.69 bits per heavy atom. The van der Waals surface area contributed by atoms with Crippen LogP contribution in [0.4, 0.5) is 0 Å². The number of rotatable bonds is 3. The van der Waals surface area contributed by atoms with E-state index in [0.29, 0.717) is 12.4 Å². The van der Waals surface area contributed by atoms with Crippen LogP contribution in [-0.4, -0.2) is 22.3 Å². The van der Waals surface area contributed by atoms with E-state index in [4.69, 9.17) is 11.6 Å². The number of amides is 1. The Balaban J connectivity index is 2.00. The summed E-state index contributed by atoms with van der Waals surface area (Å²) in [4.78, 5) is 18.2. The second-order valence-electron chi connectivity index (χ2n) is 4.17. The molecule has 2 heterocycles. The summed E-state index contributed by atoms with van der Waals surface area (Å²) in [7, 11) is 0. The van der Waals surface area contributed by atoms with E-state index >= 15 is 0 Å². The third-order valence-electron chi connectivity index (χ3n) is 2.86. The fourth-order valence-corrected chi connectivity index (χ4v) is 2.97. The fourth-order valence-electron chi connectivity index (χ4n) is 1.94. The molecule has 3 nitrogen and oxygen atoms in total. The number of piperidine rings is 1. The number of likely N-dealkylation sites (tertiary alicyclic amines) is 1. The van der Waals surface area contributed by atoms with Crippen molar-refractivity contribution in [3.8, 4) is 0 Å².